The molecule has 1 aliphatic carbocycles. The molecular weight excluding hydrogens is 803 g/mol. The fourth-order valence-corrected chi connectivity index (χ4v) is 8.06. The van der Waals surface area contributed by atoms with Gasteiger partial charge >= 0.3 is 12.3 Å². The summed E-state index contributed by atoms with van der Waals surface area (Å²) in [6.45, 7) is 12.1. The predicted octanol–water partition coefficient (Wildman–Crippen LogP) is 5.50. The van der Waals surface area contributed by atoms with Crippen molar-refractivity contribution in [2.45, 2.75) is 79.2 Å². The van der Waals surface area contributed by atoms with Gasteiger partial charge in [0.25, 0.3) is 5.91 Å². The average Bonchev–Trinajstić information content (AvgIpc) is 3.56. The highest BCUT2D eigenvalue weighted by molar-refractivity contribution is 6.21. The van der Waals surface area contributed by atoms with E-state index < -0.39 is 83.2 Å². The van der Waals surface area contributed by atoms with Gasteiger partial charge in [-0.25, -0.2) is 4.98 Å². The Morgan fingerprint density at radius 1 is 0.984 bits per heavy atom. The van der Waals surface area contributed by atoms with Crippen molar-refractivity contribution in [3.05, 3.63) is 75.7 Å². The number of methoxy groups -OCH3 is 1. The number of ketones is 1. The number of esters is 1. The molecule has 4 N–H and O–H groups in total. The zero-order valence-corrected chi connectivity index (χ0v) is 36.5. The molecule has 0 fully saturated rings. The lowest BCUT2D eigenvalue weighted by atomic mass is 9.78. The van der Waals surface area contributed by atoms with Gasteiger partial charge in [0.15, 0.2) is 11.3 Å². The number of carbonyl (C=O) groups excluding carboxylic acids is 3. The van der Waals surface area contributed by atoms with Crippen LogP contribution < -0.4 is 20.2 Å². The Labute approximate surface area is 359 Å². The lowest BCUT2D eigenvalue weighted by Crippen LogP contribution is -2.46. The second-order valence-corrected chi connectivity index (χ2v) is 16.4. The van der Waals surface area contributed by atoms with Crippen LogP contribution in [0.4, 0.5) is 5.69 Å². The molecule has 0 radical (unpaired) electrons. The molecule has 4 aliphatic rings. The minimum Gasteiger partial charge on any atom is -0.507 e. The van der Waals surface area contributed by atoms with Gasteiger partial charge in [0.1, 0.15) is 46.9 Å². The number of fused-ring (bicyclic) bond motifs is 2. The number of phenolic OH excluding ortho intramolecular Hbond substituents is 1. The smallest absolute Gasteiger partial charge is 0.304 e. The number of hydrogen-bond donors (Lipinski definition) is 4. The Morgan fingerprint density at radius 2 is 1.71 bits per heavy atom. The molecule has 3 heterocycles. The number of carbonyl (C=O) groups is 3. The molecule has 16 heteroatoms. The van der Waals surface area contributed by atoms with Gasteiger partial charge in [-0.15, -0.1) is 0 Å². The quantitative estimate of drug-likeness (QED) is 0.107. The predicted molar refractivity (Wildman–Crippen MR) is 230 cm³/mol. The molecule has 1 amide bonds. The number of aromatic nitrogens is 1. The molecule has 16 nitrogen and oxygen atoms in total. The van der Waals surface area contributed by atoms with Crippen LogP contribution in [0.5, 0.6) is 17.2 Å². The summed E-state index contributed by atoms with van der Waals surface area (Å²) >= 11 is 0. The maximum Gasteiger partial charge on any atom is 0.304 e. The van der Waals surface area contributed by atoms with Crippen molar-refractivity contribution >= 4 is 45.2 Å². The number of hydrogen-bond acceptors (Lipinski definition) is 15. The van der Waals surface area contributed by atoms with Crippen LogP contribution in [0.15, 0.2) is 63.6 Å². The van der Waals surface area contributed by atoms with E-state index in [1.54, 1.807) is 58.0 Å². The first kappa shape index (κ1) is 45.7. The van der Waals surface area contributed by atoms with Crippen LogP contribution in [0.25, 0.3) is 33.3 Å². The Balaban J connectivity index is 1.57. The Bertz CT molecular complexity index is 2490. The molecule has 332 valence electrons. The van der Waals surface area contributed by atoms with Crippen LogP contribution in [0.3, 0.4) is 0 Å². The minimum atomic E-state index is -1.59. The summed E-state index contributed by atoms with van der Waals surface area (Å²) in [5.41, 5.74) is -0.640. The molecule has 0 saturated carbocycles. The van der Waals surface area contributed by atoms with E-state index in [2.05, 4.69) is 5.32 Å². The van der Waals surface area contributed by atoms with Crippen LogP contribution in [0, 0.1) is 30.6 Å². The number of phenols is 1. The van der Waals surface area contributed by atoms with Crippen molar-refractivity contribution in [1.82, 2.24) is 9.88 Å². The number of para-hydroxylation sites is 1. The Morgan fingerprint density at radius 3 is 2.39 bits per heavy atom. The molecule has 2 aromatic carbocycles. The van der Waals surface area contributed by atoms with Crippen molar-refractivity contribution in [1.29, 1.82) is 0 Å². The number of benzene rings is 3. The highest BCUT2D eigenvalue weighted by Gasteiger charge is 2.43. The maximum atomic E-state index is 14.6. The second kappa shape index (κ2) is 18.7. The molecule has 0 unspecified atom stereocenters. The number of aliphatic hydroxyl groups excluding tert-OH is 2. The van der Waals surface area contributed by atoms with Gasteiger partial charge in [0.2, 0.25) is 11.2 Å². The first-order valence-corrected chi connectivity index (χ1v) is 20.5. The van der Waals surface area contributed by atoms with E-state index in [1.165, 1.54) is 46.3 Å². The second-order valence-electron chi connectivity index (χ2n) is 16.4. The SMILES string of the molecule is CO[C@H]1/C=C/O[C@H]2Oc3c(C)c(O)c4c(=O)c(c5oc6cccc(OCCN(C)C)c6nc-5c4c3C2=O)NC(=O)/C(C)=C\C=C\[C@H](C)[C@H](O)[C@@H](C)[C@@H](O)[C@@H](C)[C@H](OC(C)=O)[C@@H]1C. The van der Waals surface area contributed by atoms with Crippen LogP contribution >= 0.6 is 0 Å². The highest BCUT2D eigenvalue weighted by atomic mass is 16.7. The number of rotatable bonds is 6. The fourth-order valence-electron chi connectivity index (χ4n) is 8.06. The summed E-state index contributed by atoms with van der Waals surface area (Å²) in [5.74, 6) is -4.85. The summed E-state index contributed by atoms with van der Waals surface area (Å²) in [6.07, 6.45) is 2.00. The number of aliphatic hydroxyl groups is 2. The van der Waals surface area contributed by atoms with E-state index in [1.807, 2.05) is 19.0 Å². The first-order valence-electron chi connectivity index (χ1n) is 20.5. The van der Waals surface area contributed by atoms with Gasteiger partial charge in [0.05, 0.1) is 35.5 Å². The van der Waals surface area contributed by atoms with Gasteiger partial charge < -0.3 is 53.6 Å². The normalized spacial score (nSPS) is 28.1. The van der Waals surface area contributed by atoms with Crippen LogP contribution in [0.1, 0.15) is 57.5 Å². The van der Waals surface area contributed by atoms with Crippen LogP contribution in [-0.4, -0.2) is 108 Å². The van der Waals surface area contributed by atoms with Crippen LogP contribution in [0.2, 0.25) is 0 Å². The molecule has 4 bridgehead atoms. The van der Waals surface area contributed by atoms with Crippen molar-refractivity contribution in [2.75, 3.05) is 39.7 Å². The maximum absolute atomic E-state index is 14.6. The van der Waals surface area contributed by atoms with Gasteiger partial charge in [-0.05, 0) is 46.2 Å². The lowest BCUT2D eigenvalue weighted by Gasteiger charge is -2.38. The van der Waals surface area contributed by atoms with E-state index in [9.17, 15) is 34.5 Å². The highest BCUT2D eigenvalue weighted by Crippen LogP contribution is 2.49. The van der Waals surface area contributed by atoms with Crippen molar-refractivity contribution in [3.8, 4) is 28.7 Å². The Hall–Kier alpha value is -5.81. The molecule has 3 aliphatic heterocycles. The van der Waals surface area contributed by atoms with E-state index >= 15 is 0 Å². The lowest BCUT2D eigenvalue weighted by molar-refractivity contribution is -0.160. The van der Waals surface area contributed by atoms with Gasteiger partial charge in [0, 0.05) is 60.8 Å². The number of amides is 1. The summed E-state index contributed by atoms with van der Waals surface area (Å²) in [7, 11) is 5.25. The van der Waals surface area contributed by atoms with Crippen LogP contribution in [-0.2, 0) is 23.8 Å². The molecule has 9 atom stereocenters. The number of likely N-dealkylation sites (N-methyl/N-ethyl adjacent to an activating group) is 1. The topological polar surface area (TPSA) is 216 Å². The van der Waals surface area contributed by atoms with Gasteiger partial charge in [-0.1, -0.05) is 52.0 Å². The summed E-state index contributed by atoms with van der Waals surface area (Å²) in [5, 5.41) is 36.9. The summed E-state index contributed by atoms with van der Waals surface area (Å²) in [6, 6.07) is 5.01. The Kier molecular flexibility index (Phi) is 13.8. The molecule has 6 rings (SSSR count). The van der Waals surface area contributed by atoms with Gasteiger partial charge in [-0.2, -0.15) is 0 Å². The number of ether oxygens (including phenoxy) is 5. The number of nitrogens with one attached hydrogen (secondary N) is 1. The number of nitrogens with zero attached hydrogens (tertiary/aromatic N) is 2. The van der Waals surface area contributed by atoms with E-state index in [4.69, 9.17) is 33.1 Å². The standard InChI is InChI=1S/C46H55N3O13/c1-21-13-11-14-22(2)45(56)48-36-40(54)32-31(35-44(36)61-30-16-12-15-29(34(30)47-35)58-20-18-49(8)9)33-41(55)46(62-43(33)26(6)39(32)53)59-19-17-28(57-10)23(3)42(60-27(7)50)25(5)38(52)24(4)37(21)51/h11-17,19,21,23-25,28,37-38,42,46,51-53H,18,20H2,1-10H3,(H,48,56)/b13-11+,19-17+,22-14-/t21-,23+,24+,25+,28-,37-,38+,42+,46-/m0/s1. The van der Waals surface area contributed by atoms with Crippen molar-refractivity contribution < 1.29 is 57.8 Å². The number of allylic oxidation sites excluding steroid dienone is 2. The minimum absolute atomic E-state index is 0.0419. The van der Waals surface area contributed by atoms with E-state index in [-0.39, 0.29) is 61.5 Å². The molecule has 2 aromatic rings. The first-order chi connectivity index (χ1) is 29.4. The third-order valence-electron chi connectivity index (χ3n) is 11.8. The third kappa shape index (κ3) is 8.77. The molecule has 62 heavy (non-hydrogen) atoms. The van der Waals surface area contributed by atoms with Crippen molar-refractivity contribution in [3.63, 3.8) is 0 Å². The third-order valence-corrected chi connectivity index (χ3v) is 11.8. The largest absolute Gasteiger partial charge is 0.507 e. The van der Waals surface area contributed by atoms with E-state index in [0.717, 1.165) is 0 Å². The average molecular weight is 858 g/mol. The molecule has 0 saturated heterocycles. The van der Waals surface area contributed by atoms with E-state index in [0.29, 0.717) is 18.9 Å². The number of aromatic hydroxyl groups is 1. The zero-order valence-electron chi connectivity index (χ0n) is 36.5. The van der Waals surface area contributed by atoms with Gasteiger partial charge in [-0.3, -0.25) is 19.2 Å². The summed E-state index contributed by atoms with van der Waals surface area (Å²) < 4.78 is 35.9. The number of anilines is 1. The summed E-state index contributed by atoms with van der Waals surface area (Å²) in [4.78, 5) is 62.1. The van der Waals surface area contributed by atoms with Crippen molar-refractivity contribution in [2.24, 2.45) is 23.7 Å². The number of Topliss-reactive ketones (excluding diaryl/α,β-unsaturated/α-hetero) is 1. The monoisotopic (exact) mass is 857 g/mol. The zero-order chi connectivity index (χ0) is 45.3. The molecule has 0 spiro atoms. The fraction of sp³-hybridized carbons (Fsp3) is 0.457. The molecule has 0 aromatic heterocycles. The molecular formula is C46H55N3O13.